The minimum absolute atomic E-state index is 0. The van der Waals surface area contributed by atoms with Gasteiger partial charge in [0.05, 0.1) is 19.2 Å². The number of methoxy groups -OCH3 is 1. The molecule has 3 heterocycles. The van der Waals surface area contributed by atoms with Gasteiger partial charge in [-0.3, -0.25) is 9.89 Å². The number of likely N-dealkylation sites (tertiary alicyclic amines) is 1. The zero-order valence-corrected chi connectivity index (χ0v) is 21.1. The third-order valence-corrected chi connectivity index (χ3v) is 6.10. The smallest absolute Gasteiger partial charge is 0.191 e. The molecule has 8 nitrogen and oxygen atoms in total. The highest BCUT2D eigenvalue weighted by molar-refractivity contribution is 14.0. The summed E-state index contributed by atoms with van der Waals surface area (Å²) in [6, 6.07) is 4.71. The average molecular weight is 548 g/mol. The molecule has 168 valence electrons. The number of guanidine groups is 1. The van der Waals surface area contributed by atoms with Crippen LogP contribution in [0.4, 0.5) is 0 Å². The third kappa shape index (κ3) is 7.47. The molecule has 1 aliphatic rings. The Kier molecular flexibility index (Phi) is 11.6. The number of ether oxygens (including phenoxy) is 1. The van der Waals surface area contributed by atoms with Gasteiger partial charge in [0.1, 0.15) is 12.2 Å². The molecule has 2 N–H and O–H groups in total. The number of nitrogens with zero attached hydrogens (tertiary/aromatic N) is 5. The molecule has 1 unspecified atom stereocenters. The first-order chi connectivity index (χ1) is 14.3. The van der Waals surface area contributed by atoms with Gasteiger partial charge in [0.25, 0.3) is 0 Å². The van der Waals surface area contributed by atoms with E-state index in [9.17, 15) is 0 Å². The summed E-state index contributed by atoms with van der Waals surface area (Å²) in [6.45, 7) is 8.09. The van der Waals surface area contributed by atoms with E-state index in [0.717, 1.165) is 57.5 Å². The van der Waals surface area contributed by atoms with Crippen molar-refractivity contribution in [3.05, 3.63) is 34.5 Å². The van der Waals surface area contributed by atoms with Gasteiger partial charge in [-0.05, 0) is 37.4 Å². The molecule has 0 spiro atoms. The molecule has 0 saturated carbocycles. The van der Waals surface area contributed by atoms with Crippen LogP contribution in [0.15, 0.2) is 28.8 Å². The van der Waals surface area contributed by atoms with Gasteiger partial charge in [-0.15, -0.1) is 45.5 Å². The quantitative estimate of drug-likeness (QED) is 0.195. The molecule has 0 bridgehead atoms. The number of aliphatic imine (C=N–C) groups is 1. The van der Waals surface area contributed by atoms with Crippen molar-refractivity contribution in [1.82, 2.24) is 30.3 Å². The molecule has 2 aromatic heterocycles. The van der Waals surface area contributed by atoms with Crippen LogP contribution in [0.2, 0.25) is 0 Å². The van der Waals surface area contributed by atoms with Crippen LogP contribution < -0.4 is 10.6 Å². The number of rotatable bonds is 11. The Hall–Kier alpha value is -1.24. The Morgan fingerprint density at radius 3 is 2.80 bits per heavy atom. The van der Waals surface area contributed by atoms with Crippen LogP contribution in [0.1, 0.15) is 36.5 Å². The van der Waals surface area contributed by atoms with E-state index in [-0.39, 0.29) is 24.0 Å². The Balaban J connectivity index is 0.00000320. The molecular formula is C20H34IN7OS. The Labute approximate surface area is 200 Å². The molecule has 3 rings (SSSR count). The van der Waals surface area contributed by atoms with Gasteiger partial charge < -0.3 is 19.9 Å². The number of aromatic nitrogens is 3. The molecule has 1 atom stereocenters. The summed E-state index contributed by atoms with van der Waals surface area (Å²) in [6.07, 6.45) is 5.23. The van der Waals surface area contributed by atoms with E-state index in [2.05, 4.69) is 54.7 Å². The number of halogens is 1. The van der Waals surface area contributed by atoms with Crippen LogP contribution in [-0.2, 0) is 17.7 Å². The van der Waals surface area contributed by atoms with Crippen molar-refractivity contribution < 1.29 is 4.74 Å². The zero-order chi connectivity index (χ0) is 20.3. The summed E-state index contributed by atoms with van der Waals surface area (Å²) in [7, 11) is 1.71. The van der Waals surface area contributed by atoms with Gasteiger partial charge in [0.15, 0.2) is 5.96 Å². The number of nitrogens with one attached hydrogen (secondary N) is 2. The predicted octanol–water partition coefficient (Wildman–Crippen LogP) is 2.54. The number of aryl methyl sites for hydroxylation is 1. The van der Waals surface area contributed by atoms with Crippen LogP contribution in [-0.4, -0.2) is 72.1 Å². The highest BCUT2D eigenvalue weighted by Crippen LogP contribution is 2.28. The van der Waals surface area contributed by atoms with Crippen LogP contribution >= 0.6 is 35.3 Å². The van der Waals surface area contributed by atoms with Gasteiger partial charge in [-0.2, -0.15) is 0 Å². The fraction of sp³-hybridized carbons (Fsp3) is 0.650. The second kappa shape index (κ2) is 13.9. The van der Waals surface area contributed by atoms with Crippen molar-refractivity contribution in [2.75, 3.05) is 46.4 Å². The Morgan fingerprint density at radius 1 is 1.30 bits per heavy atom. The highest BCUT2D eigenvalue weighted by atomic mass is 127. The van der Waals surface area contributed by atoms with Crippen molar-refractivity contribution in [3.63, 3.8) is 0 Å². The lowest BCUT2D eigenvalue weighted by atomic mass is 10.2. The first-order valence-electron chi connectivity index (χ1n) is 10.5. The second-order valence-electron chi connectivity index (χ2n) is 7.10. The third-order valence-electron chi connectivity index (χ3n) is 5.13. The Bertz CT molecular complexity index is 731. The summed E-state index contributed by atoms with van der Waals surface area (Å²) in [5.41, 5.74) is 0. The molecule has 1 aliphatic heterocycles. The molecule has 1 fully saturated rings. The average Bonchev–Trinajstić information content (AvgIpc) is 3.50. The van der Waals surface area contributed by atoms with Crippen LogP contribution in [0.25, 0.3) is 0 Å². The molecule has 1 saturated heterocycles. The van der Waals surface area contributed by atoms with E-state index < -0.39 is 0 Å². The molecule has 0 radical (unpaired) electrons. The van der Waals surface area contributed by atoms with Crippen molar-refractivity contribution in [2.45, 2.75) is 38.8 Å². The zero-order valence-electron chi connectivity index (χ0n) is 17.9. The fourth-order valence-corrected chi connectivity index (χ4v) is 4.43. The molecule has 0 aromatic carbocycles. The van der Waals surface area contributed by atoms with Gasteiger partial charge in [0, 0.05) is 38.0 Å². The molecule has 10 heteroatoms. The first-order valence-corrected chi connectivity index (χ1v) is 11.3. The topological polar surface area (TPSA) is 79.6 Å². The summed E-state index contributed by atoms with van der Waals surface area (Å²) in [5.74, 6) is 1.83. The van der Waals surface area contributed by atoms with Gasteiger partial charge in [-0.25, -0.2) is 0 Å². The minimum atomic E-state index is 0. The monoisotopic (exact) mass is 547 g/mol. The van der Waals surface area contributed by atoms with E-state index in [0.29, 0.717) is 12.6 Å². The van der Waals surface area contributed by atoms with Crippen molar-refractivity contribution in [1.29, 1.82) is 0 Å². The van der Waals surface area contributed by atoms with Gasteiger partial charge in [0.2, 0.25) is 0 Å². The molecule has 0 aliphatic carbocycles. The maximum atomic E-state index is 5.18. The van der Waals surface area contributed by atoms with E-state index in [4.69, 9.17) is 9.73 Å². The van der Waals surface area contributed by atoms with Crippen molar-refractivity contribution >= 4 is 41.3 Å². The van der Waals surface area contributed by atoms with Gasteiger partial charge >= 0.3 is 0 Å². The lowest BCUT2D eigenvalue weighted by molar-refractivity contribution is 0.203. The maximum absolute atomic E-state index is 5.18. The molecule has 0 amide bonds. The van der Waals surface area contributed by atoms with E-state index >= 15 is 0 Å². The molecular weight excluding hydrogens is 513 g/mol. The largest absolute Gasteiger partial charge is 0.383 e. The number of thiophene rings is 1. The normalized spacial score (nSPS) is 15.7. The van der Waals surface area contributed by atoms with Crippen molar-refractivity contribution in [2.24, 2.45) is 4.99 Å². The lowest BCUT2D eigenvalue weighted by Crippen LogP contribution is -2.41. The SMILES string of the molecule is CCc1nncn1CCNC(=NCC(c1cccs1)N1CCCC1)NCCOC.I. The standard InChI is InChI=1S/C20H33N7OS.HI/c1-3-19-25-24-16-27(19)12-8-21-20(22-9-13-28-2)23-15-17(18-7-6-14-29-18)26-10-4-5-11-26;/h6-7,14,16-17H,3-5,8-13,15H2,1-2H3,(H2,21,22,23);1H. The summed E-state index contributed by atoms with van der Waals surface area (Å²) >= 11 is 1.82. The van der Waals surface area contributed by atoms with Crippen molar-refractivity contribution in [3.8, 4) is 0 Å². The number of hydrogen-bond donors (Lipinski definition) is 2. The highest BCUT2D eigenvalue weighted by Gasteiger charge is 2.24. The van der Waals surface area contributed by atoms with Crippen LogP contribution in [0.3, 0.4) is 0 Å². The predicted molar refractivity (Wildman–Crippen MR) is 133 cm³/mol. The van der Waals surface area contributed by atoms with Crippen LogP contribution in [0, 0.1) is 0 Å². The minimum Gasteiger partial charge on any atom is -0.383 e. The van der Waals surface area contributed by atoms with E-state index in [1.165, 1.54) is 17.7 Å². The van der Waals surface area contributed by atoms with E-state index in [1.807, 2.05) is 11.3 Å². The molecule has 30 heavy (non-hydrogen) atoms. The Morgan fingerprint density at radius 2 is 2.10 bits per heavy atom. The summed E-state index contributed by atoms with van der Waals surface area (Å²) in [4.78, 5) is 8.88. The lowest BCUT2D eigenvalue weighted by Gasteiger charge is -2.25. The number of hydrogen-bond acceptors (Lipinski definition) is 6. The first kappa shape index (κ1) is 25.0. The summed E-state index contributed by atoms with van der Waals surface area (Å²) in [5, 5.41) is 17.1. The molecule has 2 aromatic rings. The van der Waals surface area contributed by atoms with Gasteiger partial charge in [-0.1, -0.05) is 13.0 Å². The van der Waals surface area contributed by atoms with E-state index in [1.54, 1.807) is 13.4 Å². The summed E-state index contributed by atoms with van der Waals surface area (Å²) < 4.78 is 7.26. The van der Waals surface area contributed by atoms with Crippen LogP contribution in [0.5, 0.6) is 0 Å². The fourth-order valence-electron chi connectivity index (χ4n) is 3.58. The maximum Gasteiger partial charge on any atom is 0.191 e. The second-order valence-corrected chi connectivity index (χ2v) is 8.08.